The zero-order valence-corrected chi connectivity index (χ0v) is 13.8. The van der Waals surface area contributed by atoms with E-state index in [1.54, 1.807) is 0 Å². The lowest BCUT2D eigenvalue weighted by Gasteiger charge is -2.26. The molecule has 1 amide bonds. The number of fused-ring (bicyclic) bond motifs is 1. The van der Waals surface area contributed by atoms with Crippen molar-refractivity contribution in [1.29, 1.82) is 5.26 Å². The minimum Gasteiger partial charge on any atom is -0.459 e. The summed E-state index contributed by atoms with van der Waals surface area (Å²) in [6.07, 6.45) is -1.03. The largest absolute Gasteiger partial charge is 0.459 e. The van der Waals surface area contributed by atoms with E-state index in [2.05, 4.69) is 5.32 Å². The summed E-state index contributed by atoms with van der Waals surface area (Å²) >= 11 is 0. The number of halogens is 1. The molecule has 1 aromatic heterocycles. The topological polar surface area (TPSA) is 69.3 Å². The number of likely N-dealkylation sites (tertiary alicyclic amines) is 1. The fraction of sp³-hybridized carbons (Fsp3) is 0.444. The van der Waals surface area contributed by atoms with Crippen LogP contribution in [0, 0.1) is 11.3 Å². The third-order valence-electron chi connectivity index (χ3n) is 4.44. The summed E-state index contributed by atoms with van der Waals surface area (Å²) in [4.78, 5) is 13.6. The number of amides is 1. The standard InChI is InChI=1S/C18H20FN3O2/c1-18(2,16-7-12-5-3-4-6-15(12)24-16)21-10-17(23)22-11-13(19)8-14(22)9-20/h3-7,13-14,21H,8,10-11H2,1-2H3/t13-,14-/m0/s1. The Kier molecular flexibility index (Phi) is 4.29. The van der Waals surface area contributed by atoms with Crippen LogP contribution in [0.25, 0.3) is 11.0 Å². The Hall–Kier alpha value is -2.39. The number of hydrogen-bond donors (Lipinski definition) is 1. The Balaban J connectivity index is 1.68. The molecule has 3 rings (SSSR count). The summed E-state index contributed by atoms with van der Waals surface area (Å²) in [6, 6.07) is 11.0. The average molecular weight is 329 g/mol. The van der Waals surface area contributed by atoms with E-state index in [-0.39, 0.29) is 25.4 Å². The molecule has 1 N–H and O–H groups in total. The number of nitriles is 1. The highest BCUT2D eigenvalue weighted by Gasteiger charge is 2.36. The highest BCUT2D eigenvalue weighted by molar-refractivity contribution is 5.80. The van der Waals surface area contributed by atoms with E-state index in [4.69, 9.17) is 9.68 Å². The molecule has 1 fully saturated rings. The van der Waals surface area contributed by atoms with Crippen molar-refractivity contribution in [3.8, 4) is 6.07 Å². The Bertz CT molecular complexity index is 760. The highest BCUT2D eigenvalue weighted by Crippen LogP contribution is 2.27. The van der Waals surface area contributed by atoms with Gasteiger partial charge in [-0.1, -0.05) is 18.2 Å². The van der Waals surface area contributed by atoms with Crippen molar-refractivity contribution in [2.75, 3.05) is 13.1 Å². The number of carbonyl (C=O) groups is 1. The summed E-state index contributed by atoms with van der Waals surface area (Å²) in [5.41, 5.74) is 0.226. The Morgan fingerprint density at radius 3 is 2.96 bits per heavy atom. The van der Waals surface area contributed by atoms with Crippen molar-refractivity contribution in [1.82, 2.24) is 10.2 Å². The lowest BCUT2D eigenvalue weighted by molar-refractivity contribution is -0.130. The lowest BCUT2D eigenvalue weighted by atomic mass is 10.0. The third-order valence-corrected chi connectivity index (χ3v) is 4.44. The van der Waals surface area contributed by atoms with Crippen LogP contribution < -0.4 is 5.32 Å². The summed E-state index contributed by atoms with van der Waals surface area (Å²) < 4.78 is 19.3. The molecule has 24 heavy (non-hydrogen) atoms. The number of para-hydroxylation sites is 1. The molecule has 2 atom stereocenters. The van der Waals surface area contributed by atoms with Gasteiger partial charge >= 0.3 is 0 Å². The van der Waals surface area contributed by atoms with Gasteiger partial charge in [0.2, 0.25) is 5.91 Å². The molecule has 0 radical (unpaired) electrons. The smallest absolute Gasteiger partial charge is 0.237 e. The predicted molar refractivity (Wildman–Crippen MR) is 87.9 cm³/mol. The first kappa shape index (κ1) is 16.5. The molecule has 0 bridgehead atoms. The van der Waals surface area contributed by atoms with Gasteiger partial charge in [-0.3, -0.25) is 10.1 Å². The van der Waals surface area contributed by atoms with Crippen molar-refractivity contribution in [3.05, 3.63) is 36.1 Å². The molecule has 6 heteroatoms. The number of furan rings is 1. The Morgan fingerprint density at radius 1 is 1.50 bits per heavy atom. The van der Waals surface area contributed by atoms with Crippen molar-refractivity contribution < 1.29 is 13.6 Å². The maximum absolute atomic E-state index is 13.4. The van der Waals surface area contributed by atoms with Crippen LogP contribution in [0.3, 0.4) is 0 Å². The van der Waals surface area contributed by atoms with E-state index < -0.39 is 17.8 Å². The summed E-state index contributed by atoms with van der Waals surface area (Å²) in [5, 5.41) is 13.2. The van der Waals surface area contributed by atoms with Gasteiger partial charge in [0, 0.05) is 11.8 Å². The first-order valence-corrected chi connectivity index (χ1v) is 7.98. The van der Waals surface area contributed by atoms with Crippen LogP contribution in [-0.4, -0.2) is 36.1 Å². The quantitative estimate of drug-likeness (QED) is 0.936. The summed E-state index contributed by atoms with van der Waals surface area (Å²) in [7, 11) is 0. The predicted octanol–water partition coefficient (Wildman–Crippen LogP) is 2.72. The third kappa shape index (κ3) is 3.13. The van der Waals surface area contributed by atoms with Crippen LogP contribution in [-0.2, 0) is 10.3 Å². The molecule has 2 heterocycles. The van der Waals surface area contributed by atoms with Gasteiger partial charge in [0.05, 0.1) is 24.7 Å². The van der Waals surface area contributed by atoms with Crippen LogP contribution >= 0.6 is 0 Å². The zero-order chi connectivity index (χ0) is 17.3. The lowest BCUT2D eigenvalue weighted by Crippen LogP contribution is -2.46. The van der Waals surface area contributed by atoms with Crippen LogP contribution in [0.15, 0.2) is 34.7 Å². The molecule has 126 valence electrons. The molecular weight excluding hydrogens is 309 g/mol. The normalized spacial score (nSPS) is 21.2. The van der Waals surface area contributed by atoms with Gasteiger partial charge in [-0.15, -0.1) is 0 Å². The molecule has 5 nitrogen and oxygen atoms in total. The maximum atomic E-state index is 13.4. The highest BCUT2D eigenvalue weighted by atomic mass is 19.1. The number of nitrogens with zero attached hydrogens (tertiary/aromatic N) is 2. The van der Waals surface area contributed by atoms with Crippen LogP contribution in [0.4, 0.5) is 4.39 Å². The number of carbonyl (C=O) groups excluding carboxylic acids is 1. The monoisotopic (exact) mass is 329 g/mol. The molecule has 1 saturated heterocycles. The molecule has 0 aliphatic carbocycles. The second-order valence-electron chi connectivity index (χ2n) is 6.65. The Labute approximate surface area is 140 Å². The van der Waals surface area contributed by atoms with Gasteiger partial charge in [-0.25, -0.2) is 4.39 Å². The van der Waals surface area contributed by atoms with Crippen LogP contribution in [0.2, 0.25) is 0 Å². The van der Waals surface area contributed by atoms with Crippen molar-refractivity contribution in [3.63, 3.8) is 0 Å². The minimum absolute atomic E-state index is 0.0101. The number of benzene rings is 1. The van der Waals surface area contributed by atoms with Gasteiger partial charge < -0.3 is 9.32 Å². The first-order valence-electron chi connectivity index (χ1n) is 7.98. The van der Waals surface area contributed by atoms with Gasteiger partial charge in [0.25, 0.3) is 0 Å². The maximum Gasteiger partial charge on any atom is 0.237 e. The van der Waals surface area contributed by atoms with E-state index in [9.17, 15) is 9.18 Å². The van der Waals surface area contributed by atoms with Gasteiger partial charge in [-0.2, -0.15) is 5.26 Å². The van der Waals surface area contributed by atoms with E-state index >= 15 is 0 Å². The Morgan fingerprint density at radius 2 is 2.25 bits per heavy atom. The second kappa shape index (κ2) is 6.25. The molecule has 1 aliphatic rings. The average Bonchev–Trinajstić information content (AvgIpc) is 3.16. The zero-order valence-electron chi connectivity index (χ0n) is 13.8. The first-order chi connectivity index (χ1) is 11.4. The molecule has 1 aliphatic heterocycles. The number of rotatable bonds is 4. The van der Waals surface area contributed by atoms with Crippen molar-refractivity contribution in [2.45, 2.75) is 38.0 Å². The summed E-state index contributed by atoms with van der Waals surface area (Å²) in [5.74, 6) is 0.448. The van der Waals surface area contributed by atoms with E-state index in [1.165, 1.54) is 4.90 Å². The molecule has 0 spiro atoms. The molecule has 2 aromatic rings. The molecule has 1 aromatic carbocycles. The van der Waals surface area contributed by atoms with Gasteiger partial charge in [-0.05, 0) is 26.0 Å². The fourth-order valence-corrected chi connectivity index (χ4v) is 2.96. The summed E-state index contributed by atoms with van der Waals surface area (Å²) in [6.45, 7) is 3.85. The fourth-order valence-electron chi connectivity index (χ4n) is 2.96. The SMILES string of the molecule is CC(C)(NCC(=O)N1C[C@@H](F)C[C@H]1C#N)c1cc2ccccc2o1. The van der Waals surface area contributed by atoms with Crippen LogP contribution in [0.1, 0.15) is 26.0 Å². The van der Waals surface area contributed by atoms with Crippen molar-refractivity contribution >= 4 is 16.9 Å². The van der Waals surface area contributed by atoms with E-state index in [1.807, 2.05) is 50.2 Å². The van der Waals surface area contributed by atoms with Crippen molar-refractivity contribution in [2.24, 2.45) is 0 Å². The second-order valence-corrected chi connectivity index (χ2v) is 6.65. The van der Waals surface area contributed by atoms with Gasteiger partial charge in [0.15, 0.2) is 0 Å². The molecule has 0 saturated carbocycles. The number of nitrogens with one attached hydrogen (secondary N) is 1. The number of hydrogen-bond acceptors (Lipinski definition) is 4. The van der Waals surface area contributed by atoms with E-state index in [0.29, 0.717) is 0 Å². The molecule has 0 unspecified atom stereocenters. The van der Waals surface area contributed by atoms with Gasteiger partial charge in [0.1, 0.15) is 23.6 Å². The van der Waals surface area contributed by atoms with Crippen LogP contribution in [0.5, 0.6) is 0 Å². The number of alkyl halides is 1. The van der Waals surface area contributed by atoms with E-state index in [0.717, 1.165) is 16.7 Å². The molecular formula is C18H20FN3O2. The minimum atomic E-state index is -1.12.